The Bertz CT molecular complexity index is 658. The molecule has 4 heteroatoms. The van der Waals surface area contributed by atoms with Crippen LogP contribution in [0.3, 0.4) is 0 Å². The zero-order valence-electron chi connectivity index (χ0n) is 14.6. The molecule has 1 atom stereocenters. The Morgan fingerprint density at radius 2 is 1.83 bits per heavy atom. The van der Waals surface area contributed by atoms with Crippen LogP contribution in [0.4, 0.5) is 5.69 Å². The third kappa shape index (κ3) is 5.62. The van der Waals surface area contributed by atoms with Gasteiger partial charge < -0.3 is 15.4 Å². The molecule has 3 nitrogen and oxygen atoms in total. The maximum absolute atomic E-state index is 5.86. The van der Waals surface area contributed by atoms with E-state index in [0.29, 0.717) is 11.7 Å². The summed E-state index contributed by atoms with van der Waals surface area (Å²) in [6, 6.07) is 16.4. The van der Waals surface area contributed by atoms with E-state index in [4.69, 9.17) is 17.0 Å². The Balaban J connectivity index is 1.65. The molecule has 0 heterocycles. The predicted octanol–water partition coefficient (Wildman–Crippen LogP) is 4.76. The van der Waals surface area contributed by atoms with Gasteiger partial charge >= 0.3 is 0 Å². The number of ether oxygens (including phenoxy) is 1. The van der Waals surface area contributed by atoms with Crippen molar-refractivity contribution < 1.29 is 4.74 Å². The lowest BCUT2D eigenvalue weighted by atomic mass is 10.1. The number of hydrogen-bond donors (Lipinski definition) is 2. The van der Waals surface area contributed by atoms with Gasteiger partial charge in [0.1, 0.15) is 0 Å². The molecule has 0 aliphatic carbocycles. The molecule has 2 rings (SSSR count). The molecule has 2 N–H and O–H groups in total. The lowest BCUT2D eigenvalue weighted by Gasteiger charge is -2.15. The molecule has 128 valence electrons. The second kappa shape index (κ2) is 9.40. The van der Waals surface area contributed by atoms with E-state index in [1.54, 1.807) is 0 Å². The highest BCUT2D eigenvalue weighted by molar-refractivity contribution is 7.80. The number of anilines is 1. The molecule has 0 amide bonds. The average molecular weight is 343 g/mol. The van der Waals surface area contributed by atoms with E-state index in [2.05, 4.69) is 49.6 Å². The Morgan fingerprint density at radius 3 is 2.58 bits per heavy atom. The quantitative estimate of drug-likeness (QED) is 0.561. The van der Waals surface area contributed by atoms with Crippen molar-refractivity contribution in [3.63, 3.8) is 0 Å². The Morgan fingerprint density at radius 1 is 1.08 bits per heavy atom. The van der Waals surface area contributed by atoms with E-state index in [9.17, 15) is 0 Å². The van der Waals surface area contributed by atoms with E-state index in [1.165, 1.54) is 16.7 Å². The number of rotatable bonds is 7. The lowest BCUT2D eigenvalue weighted by molar-refractivity contribution is 0.0646. The van der Waals surface area contributed by atoms with Gasteiger partial charge in [-0.1, -0.05) is 42.5 Å². The number of thiocarbonyl (C=S) groups is 1. The summed E-state index contributed by atoms with van der Waals surface area (Å²) in [6.07, 6.45) is 1.03. The number of aryl methyl sites for hydroxylation is 1. The zero-order valence-corrected chi connectivity index (χ0v) is 15.5. The van der Waals surface area contributed by atoms with Gasteiger partial charge in [0.25, 0.3) is 0 Å². The summed E-state index contributed by atoms with van der Waals surface area (Å²) in [7, 11) is 0. The van der Waals surface area contributed by atoms with Gasteiger partial charge in [-0.2, -0.15) is 0 Å². The zero-order chi connectivity index (χ0) is 17.4. The molecule has 0 radical (unpaired) electrons. The second-order valence-corrected chi connectivity index (χ2v) is 6.31. The maximum Gasteiger partial charge on any atom is 0.170 e. The van der Waals surface area contributed by atoms with E-state index in [-0.39, 0.29) is 6.10 Å². The van der Waals surface area contributed by atoms with Gasteiger partial charge in [-0.15, -0.1) is 0 Å². The monoisotopic (exact) mass is 342 g/mol. The minimum Gasteiger partial charge on any atom is -0.374 e. The molecular weight excluding hydrogens is 316 g/mol. The highest BCUT2D eigenvalue weighted by Gasteiger charge is 2.05. The van der Waals surface area contributed by atoms with Crippen LogP contribution in [0, 0.1) is 13.8 Å². The standard InChI is InChI=1S/C20H26N2OS/c1-15-9-7-12-19(16(15)2)22-20(24)21-13-8-14-23-17(3)18-10-5-4-6-11-18/h4-7,9-12,17H,8,13-14H2,1-3H3,(H2,21,22,24)/t17-/m0/s1. The largest absolute Gasteiger partial charge is 0.374 e. The van der Waals surface area contributed by atoms with Crippen molar-refractivity contribution >= 4 is 23.0 Å². The summed E-state index contributed by atoms with van der Waals surface area (Å²) < 4.78 is 5.86. The van der Waals surface area contributed by atoms with Gasteiger partial charge in [0.2, 0.25) is 0 Å². The first kappa shape index (κ1) is 18.4. The summed E-state index contributed by atoms with van der Waals surface area (Å²) in [5.74, 6) is 0. The fourth-order valence-electron chi connectivity index (χ4n) is 2.41. The molecule has 0 aliphatic rings. The van der Waals surface area contributed by atoms with Crippen molar-refractivity contribution in [2.24, 2.45) is 0 Å². The molecule has 0 unspecified atom stereocenters. The van der Waals surface area contributed by atoms with Crippen molar-refractivity contribution in [2.45, 2.75) is 33.3 Å². The molecule has 0 spiro atoms. The van der Waals surface area contributed by atoms with E-state index in [1.807, 2.05) is 30.3 Å². The predicted molar refractivity (Wildman–Crippen MR) is 106 cm³/mol. The van der Waals surface area contributed by atoms with Gasteiger partial charge in [-0.05, 0) is 62.2 Å². The first-order valence-corrected chi connectivity index (χ1v) is 8.76. The van der Waals surface area contributed by atoms with Crippen LogP contribution >= 0.6 is 12.2 Å². The summed E-state index contributed by atoms with van der Waals surface area (Å²) in [5, 5.41) is 7.14. The Kier molecular flexibility index (Phi) is 7.22. The van der Waals surface area contributed by atoms with Crippen molar-refractivity contribution in [3.05, 3.63) is 65.2 Å². The van der Waals surface area contributed by atoms with Gasteiger partial charge in [-0.25, -0.2) is 0 Å². The first-order chi connectivity index (χ1) is 11.6. The lowest BCUT2D eigenvalue weighted by Crippen LogP contribution is -2.30. The third-order valence-electron chi connectivity index (χ3n) is 4.10. The van der Waals surface area contributed by atoms with Crippen LogP contribution < -0.4 is 10.6 Å². The number of nitrogens with one attached hydrogen (secondary N) is 2. The molecule has 2 aromatic rings. The van der Waals surface area contributed by atoms with Crippen LogP contribution in [0.25, 0.3) is 0 Å². The summed E-state index contributed by atoms with van der Waals surface area (Å²) in [5.41, 5.74) is 4.74. The van der Waals surface area contributed by atoms with Crippen LogP contribution in [0.1, 0.15) is 36.1 Å². The number of benzene rings is 2. The Hall–Kier alpha value is -1.91. The fourth-order valence-corrected chi connectivity index (χ4v) is 2.62. The van der Waals surface area contributed by atoms with E-state index < -0.39 is 0 Å². The van der Waals surface area contributed by atoms with Crippen molar-refractivity contribution in [2.75, 3.05) is 18.5 Å². The second-order valence-electron chi connectivity index (χ2n) is 5.91. The highest BCUT2D eigenvalue weighted by atomic mass is 32.1. The molecule has 0 aliphatic heterocycles. The minimum atomic E-state index is 0.117. The molecule has 0 bridgehead atoms. The SMILES string of the molecule is Cc1cccc(NC(=S)NCCCO[C@@H](C)c2ccccc2)c1C. The molecule has 0 fully saturated rings. The maximum atomic E-state index is 5.86. The van der Waals surface area contributed by atoms with Crippen molar-refractivity contribution in [3.8, 4) is 0 Å². The molecular formula is C20H26N2OS. The van der Waals surface area contributed by atoms with Crippen molar-refractivity contribution in [1.29, 1.82) is 0 Å². The van der Waals surface area contributed by atoms with Crippen LogP contribution in [-0.2, 0) is 4.74 Å². The van der Waals surface area contributed by atoms with E-state index >= 15 is 0 Å². The topological polar surface area (TPSA) is 33.3 Å². The summed E-state index contributed by atoms with van der Waals surface area (Å²) in [6.45, 7) is 7.77. The summed E-state index contributed by atoms with van der Waals surface area (Å²) in [4.78, 5) is 0. The van der Waals surface area contributed by atoms with Gasteiger partial charge in [0.05, 0.1) is 6.10 Å². The van der Waals surface area contributed by atoms with Gasteiger partial charge in [0, 0.05) is 18.8 Å². The molecule has 0 saturated carbocycles. The molecule has 24 heavy (non-hydrogen) atoms. The van der Waals surface area contributed by atoms with Crippen LogP contribution in [0.15, 0.2) is 48.5 Å². The van der Waals surface area contributed by atoms with Crippen LogP contribution in [0.2, 0.25) is 0 Å². The molecule has 0 aromatic heterocycles. The minimum absolute atomic E-state index is 0.117. The average Bonchev–Trinajstić information content (AvgIpc) is 2.59. The van der Waals surface area contributed by atoms with E-state index in [0.717, 1.165) is 18.7 Å². The third-order valence-corrected chi connectivity index (χ3v) is 4.34. The molecule has 2 aromatic carbocycles. The number of hydrogen-bond acceptors (Lipinski definition) is 2. The fraction of sp³-hybridized carbons (Fsp3) is 0.350. The highest BCUT2D eigenvalue weighted by Crippen LogP contribution is 2.18. The van der Waals surface area contributed by atoms with Crippen LogP contribution in [0.5, 0.6) is 0 Å². The Labute approximate surface area is 150 Å². The molecule has 0 saturated heterocycles. The van der Waals surface area contributed by atoms with Crippen LogP contribution in [-0.4, -0.2) is 18.3 Å². The first-order valence-electron chi connectivity index (χ1n) is 8.35. The van der Waals surface area contributed by atoms with Crippen molar-refractivity contribution in [1.82, 2.24) is 5.32 Å². The normalized spacial score (nSPS) is 11.8. The summed E-state index contributed by atoms with van der Waals surface area (Å²) >= 11 is 5.35. The van der Waals surface area contributed by atoms with Gasteiger partial charge in [-0.3, -0.25) is 0 Å². The van der Waals surface area contributed by atoms with Gasteiger partial charge in [0.15, 0.2) is 5.11 Å². The smallest absolute Gasteiger partial charge is 0.170 e.